The third kappa shape index (κ3) is 4.93. The molecule has 0 aliphatic heterocycles. The average molecular weight is 286 g/mol. The number of nitrogens with one attached hydrogen (secondary N) is 2. The van der Waals surface area contributed by atoms with Crippen molar-refractivity contribution in [3.05, 3.63) is 35.4 Å². The van der Waals surface area contributed by atoms with Crippen LogP contribution >= 0.6 is 0 Å². The van der Waals surface area contributed by atoms with Crippen LogP contribution in [0.15, 0.2) is 24.3 Å². The molecule has 3 N–H and O–H groups in total. The van der Waals surface area contributed by atoms with Gasteiger partial charge in [0.1, 0.15) is 6.61 Å². The molecule has 0 heterocycles. The van der Waals surface area contributed by atoms with Crippen LogP contribution < -0.4 is 10.6 Å². The summed E-state index contributed by atoms with van der Waals surface area (Å²) in [7, 11) is 0. The number of rotatable bonds is 5. The van der Waals surface area contributed by atoms with Crippen LogP contribution in [0.4, 0.5) is 0 Å². The van der Waals surface area contributed by atoms with Crippen molar-refractivity contribution < 1.29 is 14.7 Å². The van der Waals surface area contributed by atoms with Gasteiger partial charge in [-0.05, 0) is 31.0 Å². The van der Waals surface area contributed by atoms with Crippen LogP contribution in [0.2, 0.25) is 0 Å². The number of aliphatic hydroxyl groups excluding tert-OH is 1. The molecule has 0 unspecified atom stereocenters. The molecule has 0 radical (unpaired) electrons. The molecule has 2 amide bonds. The number of hydrogen-bond donors (Lipinski definition) is 3. The molecule has 0 saturated heterocycles. The summed E-state index contributed by atoms with van der Waals surface area (Å²) in [6.07, 6.45) is 1.94. The quantitative estimate of drug-likeness (QED) is 0.537. The first-order valence-electron chi connectivity index (χ1n) is 6.96. The van der Waals surface area contributed by atoms with Crippen molar-refractivity contribution in [2.75, 3.05) is 19.7 Å². The summed E-state index contributed by atoms with van der Waals surface area (Å²) in [6, 6.07) is 6.88. The van der Waals surface area contributed by atoms with Gasteiger partial charge in [-0.15, -0.1) is 0 Å². The molecule has 0 aromatic heterocycles. The van der Waals surface area contributed by atoms with Crippen molar-refractivity contribution >= 4 is 11.8 Å². The van der Waals surface area contributed by atoms with Crippen LogP contribution in [-0.2, 0) is 4.79 Å². The first-order chi connectivity index (χ1) is 10.2. The molecule has 0 spiro atoms. The Morgan fingerprint density at radius 2 is 2.00 bits per heavy atom. The molecule has 5 heteroatoms. The van der Waals surface area contributed by atoms with Gasteiger partial charge in [-0.1, -0.05) is 17.9 Å². The smallest absolute Gasteiger partial charge is 0.251 e. The number of aliphatic hydroxyl groups is 1. The predicted octanol–water partition coefficient (Wildman–Crippen LogP) is 0.286. The second-order valence-corrected chi connectivity index (χ2v) is 4.86. The zero-order valence-electron chi connectivity index (χ0n) is 11.7. The lowest BCUT2D eigenvalue weighted by molar-refractivity contribution is -0.122. The maximum absolute atomic E-state index is 11.9. The molecule has 21 heavy (non-hydrogen) atoms. The Kier molecular flexibility index (Phi) is 5.35. The SMILES string of the molecule is O=C(NCCNC(=O)C1CC1)c1cccc(C#CCO)c1. The van der Waals surface area contributed by atoms with E-state index in [2.05, 4.69) is 22.5 Å². The summed E-state index contributed by atoms with van der Waals surface area (Å²) in [5, 5.41) is 14.2. The number of amides is 2. The summed E-state index contributed by atoms with van der Waals surface area (Å²) < 4.78 is 0. The number of benzene rings is 1. The van der Waals surface area contributed by atoms with Gasteiger partial charge >= 0.3 is 0 Å². The fraction of sp³-hybridized carbons (Fsp3) is 0.375. The van der Waals surface area contributed by atoms with Gasteiger partial charge in [-0.2, -0.15) is 0 Å². The van der Waals surface area contributed by atoms with Crippen LogP contribution in [0.1, 0.15) is 28.8 Å². The summed E-state index contributed by atoms with van der Waals surface area (Å²) >= 11 is 0. The lowest BCUT2D eigenvalue weighted by atomic mass is 10.1. The van der Waals surface area contributed by atoms with E-state index in [9.17, 15) is 9.59 Å². The Morgan fingerprint density at radius 1 is 1.24 bits per heavy atom. The normalized spacial score (nSPS) is 13.0. The summed E-state index contributed by atoms with van der Waals surface area (Å²) in [6.45, 7) is 0.617. The Balaban J connectivity index is 1.78. The minimum Gasteiger partial charge on any atom is -0.384 e. The van der Waals surface area contributed by atoms with Crippen molar-refractivity contribution in [1.82, 2.24) is 10.6 Å². The van der Waals surface area contributed by atoms with E-state index < -0.39 is 0 Å². The number of carbonyl (C=O) groups excluding carboxylic acids is 2. The Morgan fingerprint density at radius 3 is 2.71 bits per heavy atom. The number of hydrogen-bond acceptors (Lipinski definition) is 3. The second-order valence-electron chi connectivity index (χ2n) is 4.86. The highest BCUT2D eigenvalue weighted by Gasteiger charge is 2.28. The fourth-order valence-electron chi connectivity index (χ4n) is 1.83. The van der Waals surface area contributed by atoms with Crippen molar-refractivity contribution in [3.8, 4) is 11.8 Å². The third-order valence-corrected chi connectivity index (χ3v) is 3.09. The topological polar surface area (TPSA) is 78.4 Å². The van der Waals surface area contributed by atoms with Crippen LogP contribution in [-0.4, -0.2) is 36.6 Å². The maximum atomic E-state index is 11.9. The minimum atomic E-state index is -0.211. The van der Waals surface area contributed by atoms with E-state index in [1.54, 1.807) is 24.3 Å². The molecule has 0 atom stereocenters. The van der Waals surface area contributed by atoms with E-state index in [1.165, 1.54) is 0 Å². The van der Waals surface area contributed by atoms with Crippen molar-refractivity contribution in [3.63, 3.8) is 0 Å². The van der Waals surface area contributed by atoms with Crippen molar-refractivity contribution in [2.45, 2.75) is 12.8 Å². The minimum absolute atomic E-state index is 0.0746. The molecular weight excluding hydrogens is 268 g/mol. The molecule has 5 nitrogen and oxygen atoms in total. The molecule has 2 rings (SSSR count). The van der Waals surface area contributed by atoms with Gasteiger partial charge in [0.2, 0.25) is 5.91 Å². The molecule has 1 saturated carbocycles. The van der Waals surface area contributed by atoms with Gasteiger partial charge in [0, 0.05) is 30.1 Å². The first-order valence-corrected chi connectivity index (χ1v) is 6.96. The average Bonchev–Trinajstić information content (AvgIpc) is 3.34. The van der Waals surface area contributed by atoms with E-state index >= 15 is 0 Å². The van der Waals surface area contributed by atoms with Crippen LogP contribution in [0, 0.1) is 17.8 Å². The predicted molar refractivity (Wildman–Crippen MR) is 78.5 cm³/mol. The van der Waals surface area contributed by atoms with Crippen LogP contribution in [0.3, 0.4) is 0 Å². The largest absolute Gasteiger partial charge is 0.384 e. The van der Waals surface area contributed by atoms with Gasteiger partial charge in [0.05, 0.1) is 0 Å². The highest BCUT2D eigenvalue weighted by atomic mass is 16.2. The van der Waals surface area contributed by atoms with Crippen molar-refractivity contribution in [2.24, 2.45) is 5.92 Å². The molecule has 110 valence electrons. The monoisotopic (exact) mass is 286 g/mol. The lowest BCUT2D eigenvalue weighted by Gasteiger charge is -2.07. The van der Waals surface area contributed by atoms with Crippen LogP contribution in [0.25, 0.3) is 0 Å². The summed E-state index contributed by atoms with van der Waals surface area (Å²) in [4.78, 5) is 23.3. The lowest BCUT2D eigenvalue weighted by Crippen LogP contribution is -2.35. The molecule has 1 aliphatic carbocycles. The van der Waals surface area contributed by atoms with E-state index in [0.29, 0.717) is 24.2 Å². The number of carbonyl (C=O) groups is 2. The Bertz CT molecular complexity index is 583. The first kappa shape index (κ1) is 15.1. The third-order valence-electron chi connectivity index (χ3n) is 3.09. The standard InChI is InChI=1S/C16H18N2O3/c19-10-2-4-12-3-1-5-14(11-12)16(21)18-9-8-17-15(20)13-6-7-13/h1,3,5,11,13,19H,6-10H2,(H,17,20)(H,18,21). The molecule has 1 fully saturated rings. The van der Waals surface area contributed by atoms with Gasteiger partial charge in [0.25, 0.3) is 5.91 Å². The molecule has 1 aromatic carbocycles. The Hall–Kier alpha value is -2.32. The van der Waals surface area contributed by atoms with E-state index in [0.717, 1.165) is 12.8 Å². The fourth-order valence-corrected chi connectivity index (χ4v) is 1.83. The zero-order valence-corrected chi connectivity index (χ0v) is 11.7. The molecule has 1 aliphatic rings. The highest BCUT2D eigenvalue weighted by Crippen LogP contribution is 2.28. The Labute approximate surface area is 123 Å². The highest BCUT2D eigenvalue weighted by molar-refractivity contribution is 5.94. The summed E-state index contributed by atoms with van der Waals surface area (Å²) in [5.74, 6) is 5.34. The summed E-state index contributed by atoms with van der Waals surface area (Å²) in [5.41, 5.74) is 1.19. The van der Waals surface area contributed by atoms with E-state index in [-0.39, 0.29) is 24.3 Å². The van der Waals surface area contributed by atoms with Crippen molar-refractivity contribution in [1.29, 1.82) is 0 Å². The second kappa shape index (κ2) is 7.46. The van der Waals surface area contributed by atoms with Gasteiger partial charge in [-0.3, -0.25) is 9.59 Å². The van der Waals surface area contributed by atoms with Gasteiger partial charge < -0.3 is 15.7 Å². The molecule has 0 bridgehead atoms. The van der Waals surface area contributed by atoms with Gasteiger partial charge in [-0.25, -0.2) is 0 Å². The molecule has 1 aromatic rings. The van der Waals surface area contributed by atoms with Gasteiger partial charge in [0.15, 0.2) is 0 Å². The molecular formula is C16H18N2O3. The van der Waals surface area contributed by atoms with E-state index in [4.69, 9.17) is 5.11 Å². The van der Waals surface area contributed by atoms with E-state index in [1.807, 2.05) is 0 Å². The maximum Gasteiger partial charge on any atom is 0.251 e. The zero-order chi connectivity index (χ0) is 15.1. The van der Waals surface area contributed by atoms with Crippen LogP contribution in [0.5, 0.6) is 0 Å².